The van der Waals surface area contributed by atoms with Gasteiger partial charge in [-0.15, -0.1) is 0 Å². The lowest BCUT2D eigenvalue weighted by Gasteiger charge is -2.15. The summed E-state index contributed by atoms with van der Waals surface area (Å²) in [6.45, 7) is 2.78. The van der Waals surface area contributed by atoms with E-state index >= 15 is 0 Å². The van der Waals surface area contributed by atoms with Gasteiger partial charge in [0.15, 0.2) is 0 Å². The maximum atomic E-state index is 13.4. The Morgan fingerprint density at radius 3 is 2.43 bits per heavy atom. The molecular formula is C10H10ClFO2. The molecule has 1 rings (SSSR count). The molecule has 0 aliphatic heterocycles. The summed E-state index contributed by atoms with van der Waals surface area (Å²) in [5, 5.41) is 8.74. The van der Waals surface area contributed by atoms with Crippen molar-refractivity contribution in [2.24, 2.45) is 0 Å². The molecular weight excluding hydrogens is 207 g/mol. The molecule has 0 unspecified atom stereocenters. The van der Waals surface area contributed by atoms with Gasteiger partial charge in [0, 0.05) is 0 Å². The number of halogens is 2. The maximum absolute atomic E-state index is 13.4. The van der Waals surface area contributed by atoms with E-state index < -0.39 is 11.6 Å². The molecule has 0 atom stereocenters. The lowest BCUT2D eigenvalue weighted by molar-refractivity contribution is 0.0697. The minimum absolute atomic E-state index is 0.0142. The van der Waals surface area contributed by atoms with Crippen molar-refractivity contribution in [3.63, 3.8) is 0 Å². The average Bonchev–Trinajstić information content (AvgIpc) is 2.01. The van der Waals surface area contributed by atoms with Crippen LogP contribution in [0.3, 0.4) is 0 Å². The molecule has 0 aliphatic carbocycles. The molecule has 14 heavy (non-hydrogen) atoms. The van der Waals surface area contributed by atoms with Gasteiger partial charge < -0.3 is 5.11 Å². The van der Waals surface area contributed by atoms with E-state index in [-0.39, 0.29) is 10.6 Å². The largest absolute Gasteiger partial charge is 0.478 e. The predicted molar refractivity (Wildman–Crippen MR) is 52.5 cm³/mol. The Morgan fingerprint density at radius 1 is 1.50 bits per heavy atom. The minimum atomic E-state index is -1.51. The van der Waals surface area contributed by atoms with Gasteiger partial charge in [0.2, 0.25) is 0 Å². The molecule has 1 N–H and O–H groups in total. The molecule has 0 heterocycles. The molecule has 0 amide bonds. The van der Waals surface area contributed by atoms with Crippen LogP contribution in [0.1, 0.15) is 29.8 Å². The summed E-state index contributed by atoms with van der Waals surface area (Å²) in [7, 11) is 0. The standard InChI is InChI=1S/C10H10ClFO2/c1-10(2,12)6-3-4-7(9(13)14)8(11)5-6/h3-5H,1-2H3,(H,13,14). The van der Waals surface area contributed by atoms with Crippen LogP contribution in [-0.4, -0.2) is 11.1 Å². The number of alkyl halides is 1. The molecule has 0 aliphatic rings. The highest BCUT2D eigenvalue weighted by Gasteiger charge is 2.20. The Balaban J connectivity index is 3.20. The topological polar surface area (TPSA) is 37.3 Å². The highest BCUT2D eigenvalue weighted by atomic mass is 35.5. The number of hydrogen-bond acceptors (Lipinski definition) is 1. The first-order valence-corrected chi connectivity index (χ1v) is 4.42. The van der Waals surface area contributed by atoms with E-state index in [0.717, 1.165) is 0 Å². The van der Waals surface area contributed by atoms with Crippen molar-refractivity contribution in [2.45, 2.75) is 19.5 Å². The van der Waals surface area contributed by atoms with Crippen LogP contribution >= 0.6 is 11.6 Å². The first kappa shape index (κ1) is 11.0. The second kappa shape index (κ2) is 3.58. The Morgan fingerprint density at radius 2 is 2.07 bits per heavy atom. The van der Waals surface area contributed by atoms with Gasteiger partial charge in [0.05, 0.1) is 10.6 Å². The van der Waals surface area contributed by atoms with E-state index in [2.05, 4.69) is 0 Å². The van der Waals surface area contributed by atoms with Gasteiger partial charge >= 0.3 is 5.97 Å². The summed E-state index contributed by atoms with van der Waals surface area (Å²) in [4.78, 5) is 10.6. The molecule has 0 aromatic heterocycles. The lowest BCUT2D eigenvalue weighted by Crippen LogP contribution is -2.09. The minimum Gasteiger partial charge on any atom is -0.478 e. The molecule has 0 radical (unpaired) electrons. The number of carboxylic acid groups (broad SMARTS) is 1. The third kappa shape index (κ3) is 2.23. The van der Waals surface area contributed by atoms with Crippen LogP contribution < -0.4 is 0 Å². The van der Waals surface area contributed by atoms with E-state index in [0.29, 0.717) is 5.56 Å². The van der Waals surface area contributed by atoms with Gasteiger partial charge in [-0.2, -0.15) is 0 Å². The van der Waals surface area contributed by atoms with Crippen molar-refractivity contribution < 1.29 is 14.3 Å². The van der Waals surface area contributed by atoms with Crippen LogP contribution in [0, 0.1) is 0 Å². The van der Waals surface area contributed by atoms with E-state index in [4.69, 9.17) is 16.7 Å². The molecule has 0 bridgehead atoms. The van der Waals surface area contributed by atoms with E-state index in [1.807, 2.05) is 0 Å². The molecule has 1 aromatic rings. The summed E-state index contributed by atoms with van der Waals surface area (Å²) in [6, 6.07) is 4.07. The van der Waals surface area contributed by atoms with Crippen LogP contribution in [0.15, 0.2) is 18.2 Å². The van der Waals surface area contributed by atoms with E-state index in [1.54, 1.807) is 0 Å². The Labute approximate surface area is 86.3 Å². The van der Waals surface area contributed by atoms with Gasteiger partial charge in [-0.3, -0.25) is 0 Å². The predicted octanol–water partition coefficient (Wildman–Crippen LogP) is 3.24. The third-order valence-electron chi connectivity index (χ3n) is 1.89. The van der Waals surface area contributed by atoms with Crippen LogP contribution in [0.5, 0.6) is 0 Å². The molecule has 76 valence electrons. The fourth-order valence-corrected chi connectivity index (χ4v) is 1.32. The fraction of sp³-hybridized carbons (Fsp3) is 0.300. The van der Waals surface area contributed by atoms with Gasteiger partial charge in [-0.05, 0) is 31.5 Å². The summed E-state index contributed by atoms with van der Waals surface area (Å²) in [6.07, 6.45) is 0. The summed E-state index contributed by atoms with van der Waals surface area (Å²) >= 11 is 5.68. The normalized spacial score (nSPS) is 11.4. The van der Waals surface area contributed by atoms with E-state index in [9.17, 15) is 9.18 Å². The Kier molecular flexibility index (Phi) is 2.81. The SMILES string of the molecule is CC(C)(F)c1ccc(C(=O)O)c(Cl)c1. The van der Waals surface area contributed by atoms with Crippen LogP contribution in [0.4, 0.5) is 4.39 Å². The monoisotopic (exact) mass is 216 g/mol. The molecule has 0 saturated heterocycles. The highest BCUT2D eigenvalue weighted by Crippen LogP contribution is 2.28. The molecule has 4 heteroatoms. The number of carbonyl (C=O) groups is 1. The van der Waals surface area contributed by atoms with Crippen LogP contribution in [0.25, 0.3) is 0 Å². The maximum Gasteiger partial charge on any atom is 0.337 e. The third-order valence-corrected chi connectivity index (χ3v) is 2.20. The van der Waals surface area contributed by atoms with Gasteiger partial charge in [0.25, 0.3) is 0 Å². The molecule has 0 spiro atoms. The Hall–Kier alpha value is -1.09. The van der Waals surface area contributed by atoms with Crippen molar-refractivity contribution in [1.82, 2.24) is 0 Å². The quantitative estimate of drug-likeness (QED) is 0.824. The van der Waals surface area contributed by atoms with Crippen LogP contribution in [-0.2, 0) is 5.67 Å². The van der Waals surface area contributed by atoms with Crippen molar-refractivity contribution in [3.8, 4) is 0 Å². The lowest BCUT2D eigenvalue weighted by atomic mass is 9.99. The molecule has 2 nitrogen and oxygen atoms in total. The number of benzene rings is 1. The smallest absolute Gasteiger partial charge is 0.337 e. The zero-order valence-corrected chi connectivity index (χ0v) is 8.60. The summed E-state index contributed by atoms with van der Waals surface area (Å²) in [5.41, 5.74) is -1.16. The average molecular weight is 217 g/mol. The van der Waals surface area contributed by atoms with Crippen molar-refractivity contribution in [1.29, 1.82) is 0 Å². The van der Waals surface area contributed by atoms with Crippen LogP contribution in [0.2, 0.25) is 5.02 Å². The zero-order valence-electron chi connectivity index (χ0n) is 7.84. The second-order valence-electron chi connectivity index (χ2n) is 3.47. The van der Waals surface area contributed by atoms with E-state index in [1.165, 1.54) is 32.0 Å². The molecule has 1 aromatic carbocycles. The van der Waals surface area contributed by atoms with Gasteiger partial charge in [-0.1, -0.05) is 17.7 Å². The fourth-order valence-electron chi connectivity index (χ4n) is 1.06. The highest BCUT2D eigenvalue weighted by molar-refractivity contribution is 6.33. The molecule has 0 saturated carbocycles. The summed E-state index contributed by atoms with van der Waals surface area (Å²) in [5.74, 6) is -1.11. The second-order valence-corrected chi connectivity index (χ2v) is 3.88. The van der Waals surface area contributed by atoms with Gasteiger partial charge in [-0.25, -0.2) is 9.18 Å². The number of aromatic carboxylic acids is 1. The van der Waals surface area contributed by atoms with Crippen molar-refractivity contribution in [3.05, 3.63) is 34.3 Å². The van der Waals surface area contributed by atoms with Crippen molar-refractivity contribution in [2.75, 3.05) is 0 Å². The number of carboxylic acids is 1. The Bertz CT molecular complexity index is 369. The first-order valence-electron chi connectivity index (χ1n) is 4.04. The number of hydrogen-bond donors (Lipinski definition) is 1. The molecule has 0 fully saturated rings. The van der Waals surface area contributed by atoms with Gasteiger partial charge in [0.1, 0.15) is 5.67 Å². The van der Waals surface area contributed by atoms with Crippen molar-refractivity contribution >= 4 is 17.6 Å². The first-order chi connectivity index (χ1) is 6.32. The number of rotatable bonds is 2. The summed E-state index contributed by atoms with van der Waals surface area (Å²) < 4.78 is 13.4. The zero-order chi connectivity index (χ0) is 10.9.